The van der Waals surface area contributed by atoms with Crippen LogP contribution < -0.4 is 5.32 Å². The van der Waals surface area contributed by atoms with Crippen LogP contribution in [-0.2, 0) is 13.2 Å². The van der Waals surface area contributed by atoms with E-state index in [0.29, 0.717) is 11.9 Å². The molecule has 0 fully saturated rings. The van der Waals surface area contributed by atoms with E-state index in [2.05, 4.69) is 15.5 Å². The first kappa shape index (κ1) is 19.0. The van der Waals surface area contributed by atoms with Crippen molar-refractivity contribution in [3.63, 3.8) is 0 Å². The highest BCUT2D eigenvalue weighted by Gasteiger charge is 2.36. The predicted octanol–water partition coefficient (Wildman–Crippen LogP) is 4.20. The van der Waals surface area contributed by atoms with Gasteiger partial charge in [0.05, 0.1) is 21.6 Å². The molecule has 0 spiro atoms. The van der Waals surface area contributed by atoms with E-state index in [9.17, 15) is 23.3 Å². The lowest BCUT2D eigenvalue weighted by atomic mass is 10.0. The average molecular weight is 378 g/mol. The van der Waals surface area contributed by atoms with Crippen LogP contribution in [0, 0.1) is 16.0 Å². The maximum Gasteiger partial charge on any atom is 0.418 e. The summed E-state index contributed by atoms with van der Waals surface area (Å²) in [5, 5.41) is 21.2. The molecule has 0 saturated heterocycles. The normalized spacial score (nSPS) is 13.1. The van der Waals surface area contributed by atoms with E-state index in [0.717, 1.165) is 6.07 Å². The van der Waals surface area contributed by atoms with Crippen LogP contribution in [0.4, 0.5) is 24.5 Å². The molecule has 1 atom stereocenters. The number of nitrogens with one attached hydrogen (secondary N) is 1. The third-order valence-corrected chi connectivity index (χ3v) is 3.90. The van der Waals surface area contributed by atoms with Crippen molar-refractivity contribution < 1.29 is 18.1 Å². The number of aromatic nitrogens is 3. The standard InChI is InChI=1S/C14H15ClF3N5O2/c1-7(2)12(13-21-19-6-22(13)3)20-10-5-9(15)8(14(16,17)18)4-11(10)23(24)25/h4-7,12,20H,1-3H3/t12-/m0/s1. The third-order valence-electron chi connectivity index (χ3n) is 3.59. The number of rotatable bonds is 5. The van der Waals surface area contributed by atoms with Crippen LogP contribution in [-0.4, -0.2) is 19.7 Å². The van der Waals surface area contributed by atoms with Crippen LogP contribution in [0.1, 0.15) is 31.3 Å². The molecule has 7 nitrogen and oxygen atoms in total. The average Bonchev–Trinajstić information content (AvgIpc) is 2.88. The van der Waals surface area contributed by atoms with Gasteiger partial charge in [0.15, 0.2) is 5.82 Å². The second kappa shape index (κ2) is 6.87. The molecule has 0 aliphatic rings. The second-order valence-electron chi connectivity index (χ2n) is 5.77. The Hall–Kier alpha value is -2.36. The van der Waals surface area contributed by atoms with E-state index in [1.54, 1.807) is 11.6 Å². The number of hydrogen-bond donors (Lipinski definition) is 1. The fraction of sp³-hybridized carbons (Fsp3) is 0.429. The number of anilines is 1. The van der Waals surface area contributed by atoms with Crippen LogP contribution in [0.15, 0.2) is 18.5 Å². The van der Waals surface area contributed by atoms with Gasteiger partial charge in [0.25, 0.3) is 5.69 Å². The molecule has 1 heterocycles. The van der Waals surface area contributed by atoms with Crippen LogP contribution >= 0.6 is 11.6 Å². The van der Waals surface area contributed by atoms with Gasteiger partial charge in [-0.25, -0.2) is 0 Å². The largest absolute Gasteiger partial charge is 0.418 e. The molecule has 0 aliphatic carbocycles. The minimum atomic E-state index is -4.79. The first-order chi connectivity index (χ1) is 11.5. The Kier molecular flexibility index (Phi) is 5.21. The first-order valence-corrected chi connectivity index (χ1v) is 7.55. The number of hydrogen-bond acceptors (Lipinski definition) is 5. The number of halogens is 4. The van der Waals surface area contributed by atoms with Gasteiger partial charge < -0.3 is 9.88 Å². The van der Waals surface area contributed by atoms with E-state index >= 15 is 0 Å². The molecule has 2 rings (SSSR count). The van der Waals surface area contributed by atoms with E-state index < -0.39 is 33.4 Å². The summed E-state index contributed by atoms with van der Waals surface area (Å²) in [7, 11) is 1.69. The molecule has 136 valence electrons. The summed E-state index contributed by atoms with van der Waals surface area (Å²) in [5.41, 5.74) is -2.10. The Balaban J connectivity index is 2.52. The van der Waals surface area contributed by atoms with Gasteiger partial charge in [-0.15, -0.1) is 10.2 Å². The molecule has 0 bridgehead atoms. The van der Waals surface area contributed by atoms with Crippen molar-refractivity contribution in [2.75, 3.05) is 5.32 Å². The van der Waals surface area contributed by atoms with Crippen LogP contribution in [0.25, 0.3) is 0 Å². The number of nitro groups is 1. The van der Waals surface area contributed by atoms with E-state index in [1.165, 1.54) is 6.33 Å². The summed E-state index contributed by atoms with van der Waals surface area (Å²) in [5.74, 6) is 0.406. The van der Waals surface area contributed by atoms with Gasteiger partial charge in [-0.05, 0) is 12.0 Å². The predicted molar refractivity (Wildman–Crippen MR) is 85.3 cm³/mol. The molecular weight excluding hydrogens is 363 g/mol. The summed E-state index contributed by atoms with van der Waals surface area (Å²) in [4.78, 5) is 10.4. The van der Waals surface area contributed by atoms with Crippen molar-refractivity contribution in [2.45, 2.75) is 26.1 Å². The smallest absolute Gasteiger partial charge is 0.369 e. The van der Waals surface area contributed by atoms with Crippen molar-refractivity contribution in [3.8, 4) is 0 Å². The van der Waals surface area contributed by atoms with E-state index in [1.807, 2.05) is 13.8 Å². The van der Waals surface area contributed by atoms with Crippen molar-refractivity contribution in [1.29, 1.82) is 0 Å². The summed E-state index contributed by atoms with van der Waals surface area (Å²) < 4.78 is 40.4. The number of alkyl halides is 3. The molecule has 25 heavy (non-hydrogen) atoms. The van der Waals surface area contributed by atoms with Crippen molar-refractivity contribution in [1.82, 2.24) is 14.8 Å². The van der Waals surface area contributed by atoms with Gasteiger partial charge >= 0.3 is 6.18 Å². The van der Waals surface area contributed by atoms with Gasteiger partial charge in [0.1, 0.15) is 12.0 Å². The molecule has 0 radical (unpaired) electrons. The lowest BCUT2D eigenvalue weighted by molar-refractivity contribution is -0.384. The van der Waals surface area contributed by atoms with Crippen molar-refractivity contribution in [3.05, 3.63) is 45.0 Å². The fourth-order valence-electron chi connectivity index (χ4n) is 2.32. The second-order valence-corrected chi connectivity index (χ2v) is 6.18. The molecule has 1 aromatic heterocycles. The summed E-state index contributed by atoms with van der Waals surface area (Å²) in [6, 6.07) is 0.825. The van der Waals surface area contributed by atoms with Gasteiger partial charge in [-0.2, -0.15) is 13.2 Å². The molecule has 0 aliphatic heterocycles. The zero-order valence-electron chi connectivity index (χ0n) is 13.5. The zero-order valence-corrected chi connectivity index (χ0v) is 14.3. The highest BCUT2D eigenvalue weighted by atomic mass is 35.5. The van der Waals surface area contributed by atoms with Crippen molar-refractivity contribution in [2.24, 2.45) is 13.0 Å². The Bertz CT molecular complexity index is 791. The first-order valence-electron chi connectivity index (χ1n) is 7.18. The molecule has 2 aromatic rings. The van der Waals surface area contributed by atoms with Crippen LogP contribution in [0.5, 0.6) is 0 Å². The lowest BCUT2D eigenvalue weighted by Gasteiger charge is -2.23. The molecular formula is C14H15ClF3N5O2. The lowest BCUT2D eigenvalue weighted by Crippen LogP contribution is -2.21. The maximum absolute atomic E-state index is 12.9. The topological polar surface area (TPSA) is 85.9 Å². The number of nitro benzene ring substituents is 1. The summed E-state index contributed by atoms with van der Waals surface area (Å²) in [6.07, 6.45) is -3.33. The van der Waals surface area contributed by atoms with E-state index in [4.69, 9.17) is 11.6 Å². The highest BCUT2D eigenvalue weighted by Crippen LogP contribution is 2.41. The molecule has 0 saturated carbocycles. The fourth-order valence-corrected chi connectivity index (χ4v) is 2.59. The minimum absolute atomic E-state index is 0.0800. The molecule has 1 aromatic carbocycles. The van der Waals surface area contributed by atoms with Gasteiger partial charge in [-0.1, -0.05) is 25.4 Å². The van der Waals surface area contributed by atoms with Gasteiger partial charge in [0.2, 0.25) is 0 Å². The molecule has 11 heteroatoms. The third kappa shape index (κ3) is 4.01. The Morgan fingerprint density at radius 3 is 2.44 bits per heavy atom. The summed E-state index contributed by atoms with van der Waals surface area (Å²) >= 11 is 5.69. The number of benzene rings is 1. The monoisotopic (exact) mass is 377 g/mol. The summed E-state index contributed by atoms with van der Waals surface area (Å²) in [6.45, 7) is 3.67. The molecule has 0 amide bonds. The maximum atomic E-state index is 12.9. The SMILES string of the molecule is CC(C)[C@H](Nc1cc(Cl)c(C(F)(F)F)cc1[N+](=O)[O-])c1nncn1C. The van der Waals surface area contributed by atoms with Crippen LogP contribution in [0.3, 0.4) is 0 Å². The van der Waals surface area contributed by atoms with E-state index in [-0.39, 0.29) is 11.6 Å². The van der Waals surface area contributed by atoms with Gasteiger partial charge in [-0.3, -0.25) is 10.1 Å². The Morgan fingerprint density at radius 2 is 2.00 bits per heavy atom. The quantitative estimate of drug-likeness (QED) is 0.623. The Morgan fingerprint density at radius 1 is 1.36 bits per heavy atom. The van der Waals surface area contributed by atoms with Gasteiger partial charge in [0, 0.05) is 13.1 Å². The van der Waals surface area contributed by atoms with Crippen LogP contribution in [0.2, 0.25) is 5.02 Å². The minimum Gasteiger partial charge on any atom is -0.369 e. The zero-order chi connectivity index (χ0) is 18.9. The number of nitrogens with zero attached hydrogens (tertiary/aromatic N) is 4. The Labute approximate surface area is 146 Å². The highest BCUT2D eigenvalue weighted by molar-refractivity contribution is 6.31. The molecule has 0 unspecified atom stereocenters. The van der Waals surface area contributed by atoms with Crippen molar-refractivity contribution >= 4 is 23.0 Å². The number of aryl methyl sites for hydroxylation is 1. The molecule has 1 N–H and O–H groups in total.